The number of hydrogen-bond donors (Lipinski definition) is 2. The van der Waals surface area contributed by atoms with Crippen LogP contribution in [-0.4, -0.2) is 45.9 Å². The van der Waals surface area contributed by atoms with Gasteiger partial charge in [0, 0.05) is 6.42 Å². The molecule has 7 nitrogen and oxygen atoms in total. The van der Waals surface area contributed by atoms with E-state index in [-0.39, 0.29) is 29.0 Å². The number of carbonyl (C=O) groups excluding carboxylic acids is 1. The van der Waals surface area contributed by atoms with Crippen molar-refractivity contribution in [3.05, 3.63) is 32.4 Å². The number of thiazole rings is 1. The van der Waals surface area contributed by atoms with Crippen molar-refractivity contribution in [1.82, 2.24) is 10.3 Å². The summed E-state index contributed by atoms with van der Waals surface area (Å²) in [6.07, 6.45) is 4.14. The number of aromatic carboxylic acids is 1. The average Bonchev–Trinajstić information content (AvgIpc) is 3.25. The van der Waals surface area contributed by atoms with Crippen LogP contribution in [0.4, 0.5) is 0 Å². The van der Waals surface area contributed by atoms with E-state index in [4.69, 9.17) is 16.3 Å². The predicted molar refractivity (Wildman–Crippen MR) is 118 cm³/mol. The maximum absolute atomic E-state index is 12.7. The lowest BCUT2D eigenvalue weighted by molar-refractivity contribution is -0.116. The standard InChI is InChI=1S/C21H26ClN3O4S/c1-5-12-8-15(24-18(12)22)19(26)25-14-7-6-13(9-16(14)29-10(2)3)20-23-11(4)17(30-20)21(27)28/h9-10,14,16H,5-8H2,1-4H3,(H,25,26)(H,27,28)/t14-,16+/m1/s1. The lowest BCUT2D eigenvalue weighted by Gasteiger charge is -2.32. The summed E-state index contributed by atoms with van der Waals surface area (Å²) in [7, 11) is 0. The molecule has 0 bridgehead atoms. The number of aromatic nitrogens is 1. The highest BCUT2D eigenvalue weighted by Gasteiger charge is 2.31. The first-order chi connectivity index (χ1) is 14.2. The largest absolute Gasteiger partial charge is 0.477 e. The summed E-state index contributed by atoms with van der Waals surface area (Å²) in [6.45, 7) is 7.57. The maximum Gasteiger partial charge on any atom is 0.347 e. The molecule has 0 saturated heterocycles. The summed E-state index contributed by atoms with van der Waals surface area (Å²) in [5, 5.41) is 13.5. The predicted octanol–water partition coefficient (Wildman–Crippen LogP) is 4.31. The van der Waals surface area contributed by atoms with Gasteiger partial charge >= 0.3 is 5.97 Å². The Labute approximate surface area is 184 Å². The van der Waals surface area contributed by atoms with Gasteiger partial charge in [0.25, 0.3) is 5.91 Å². The van der Waals surface area contributed by atoms with E-state index < -0.39 is 5.97 Å². The van der Waals surface area contributed by atoms with E-state index in [9.17, 15) is 14.7 Å². The molecular weight excluding hydrogens is 426 g/mol. The van der Waals surface area contributed by atoms with Crippen molar-refractivity contribution in [2.75, 3.05) is 0 Å². The first-order valence-electron chi connectivity index (χ1n) is 10.0. The van der Waals surface area contributed by atoms with Gasteiger partial charge in [0.05, 0.1) is 23.9 Å². The van der Waals surface area contributed by atoms with Crippen LogP contribution in [0.1, 0.15) is 66.8 Å². The van der Waals surface area contributed by atoms with Crippen LogP contribution < -0.4 is 5.32 Å². The fraction of sp³-hybridized carbons (Fsp3) is 0.524. The molecule has 1 amide bonds. The zero-order chi connectivity index (χ0) is 22.0. The van der Waals surface area contributed by atoms with Crippen LogP contribution in [0, 0.1) is 6.92 Å². The number of carboxylic acid groups (broad SMARTS) is 1. The molecule has 0 spiro atoms. The summed E-state index contributed by atoms with van der Waals surface area (Å²) in [5.41, 5.74) is 2.85. The summed E-state index contributed by atoms with van der Waals surface area (Å²) >= 11 is 7.28. The maximum atomic E-state index is 12.7. The molecule has 0 unspecified atom stereocenters. The van der Waals surface area contributed by atoms with Crippen LogP contribution in [0.2, 0.25) is 0 Å². The molecule has 2 heterocycles. The highest BCUT2D eigenvalue weighted by molar-refractivity contribution is 7.14. The van der Waals surface area contributed by atoms with E-state index in [0.717, 1.165) is 17.6 Å². The first kappa shape index (κ1) is 22.7. The van der Waals surface area contributed by atoms with Gasteiger partial charge in [-0.1, -0.05) is 18.5 Å². The van der Waals surface area contributed by atoms with Gasteiger partial charge in [-0.3, -0.25) is 4.79 Å². The van der Waals surface area contributed by atoms with Crippen molar-refractivity contribution >= 4 is 46.1 Å². The number of carboxylic acids is 1. The fourth-order valence-corrected chi connectivity index (χ4v) is 4.81. The van der Waals surface area contributed by atoms with Gasteiger partial charge < -0.3 is 15.2 Å². The Balaban J connectivity index is 1.77. The minimum Gasteiger partial charge on any atom is -0.477 e. The van der Waals surface area contributed by atoms with Crippen LogP contribution in [0.15, 0.2) is 21.8 Å². The Morgan fingerprint density at radius 2 is 2.17 bits per heavy atom. The minimum absolute atomic E-state index is 0.0377. The van der Waals surface area contributed by atoms with Crippen molar-refractivity contribution in [3.8, 4) is 0 Å². The van der Waals surface area contributed by atoms with E-state index in [1.165, 1.54) is 11.3 Å². The van der Waals surface area contributed by atoms with Gasteiger partial charge in [-0.25, -0.2) is 14.8 Å². The molecule has 2 atom stereocenters. The highest BCUT2D eigenvalue weighted by Crippen LogP contribution is 2.33. The minimum atomic E-state index is -0.969. The van der Waals surface area contributed by atoms with E-state index >= 15 is 0 Å². The SMILES string of the molecule is CCC1=C(Cl)N=C(C(=O)N[C@@H]2CCC(c3nc(C)c(C(=O)O)s3)=C[C@@H]2OC(C)C)C1. The molecule has 30 heavy (non-hydrogen) atoms. The molecule has 1 aromatic heterocycles. The smallest absolute Gasteiger partial charge is 0.347 e. The van der Waals surface area contributed by atoms with E-state index in [2.05, 4.69) is 15.3 Å². The van der Waals surface area contributed by atoms with E-state index in [0.29, 0.717) is 40.8 Å². The molecule has 2 aliphatic rings. The number of rotatable bonds is 7. The van der Waals surface area contributed by atoms with Crippen LogP contribution in [0.5, 0.6) is 0 Å². The monoisotopic (exact) mass is 451 g/mol. The van der Waals surface area contributed by atoms with Gasteiger partial charge in [0.2, 0.25) is 0 Å². The number of carbonyl (C=O) groups is 2. The van der Waals surface area contributed by atoms with Crippen molar-refractivity contribution < 1.29 is 19.4 Å². The summed E-state index contributed by atoms with van der Waals surface area (Å²) in [5.74, 6) is -1.20. The topological polar surface area (TPSA) is 101 Å². The number of ether oxygens (including phenoxy) is 1. The van der Waals surface area contributed by atoms with Crippen LogP contribution in [0.25, 0.3) is 5.57 Å². The molecule has 0 aromatic carbocycles. The van der Waals surface area contributed by atoms with Crippen molar-refractivity contribution in [3.63, 3.8) is 0 Å². The first-order valence-corrected chi connectivity index (χ1v) is 11.2. The number of nitrogens with zero attached hydrogens (tertiary/aromatic N) is 2. The quantitative estimate of drug-likeness (QED) is 0.601. The van der Waals surface area contributed by atoms with Gasteiger partial charge in [0.1, 0.15) is 20.8 Å². The molecule has 1 aliphatic heterocycles. The van der Waals surface area contributed by atoms with Crippen LogP contribution in [0.3, 0.4) is 0 Å². The Hall–Kier alpha value is -2.03. The molecule has 0 radical (unpaired) electrons. The molecule has 9 heteroatoms. The molecule has 0 saturated carbocycles. The molecule has 3 rings (SSSR count). The molecule has 1 aliphatic carbocycles. The summed E-state index contributed by atoms with van der Waals surface area (Å²) in [4.78, 5) is 33.0. The summed E-state index contributed by atoms with van der Waals surface area (Å²) < 4.78 is 6.06. The van der Waals surface area contributed by atoms with Crippen molar-refractivity contribution in [1.29, 1.82) is 0 Å². The molecule has 1 aromatic rings. The zero-order valence-electron chi connectivity index (χ0n) is 17.5. The number of hydrogen-bond acceptors (Lipinski definition) is 6. The fourth-order valence-electron chi connectivity index (χ4n) is 3.55. The Kier molecular flexibility index (Phi) is 7.10. The second kappa shape index (κ2) is 9.41. The molecule has 0 fully saturated rings. The lowest BCUT2D eigenvalue weighted by Crippen LogP contribution is -2.48. The van der Waals surface area contributed by atoms with Gasteiger partial charge in [-0.05, 0) is 57.3 Å². The van der Waals surface area contributed by atoms with Crippen LogP contribution >= 0.6 is 22.9 Å². The lowest BCUT2D eigenvalue weighted by atomic mass is 9.92. The molecule has 162 valence electrons. The van der Waals surface area contributed by atoms with Crippen LogP contribution in [-0.2, 0) is 9.53 Å². The highest BCUT2D eigenvalue weighted by atomic mass is 35.5. The zero-order valence-corrected chi connectivity index (χ0v) is 19.1. The van der Waals surface area contributed by atoms with E-state index in [1.54, 1.807) is 6.92 Å². The molecule has 2 N–H and O–H groups in total. The number of allylic oxidation sites excluding steroid dienone is 2. The van der Waals surface area contributed by atoms with Gasteiger partial charge in [0.15, 0.2) is 0 Å². The third-order valence-corrected chi connectivity index (χ3v) is 6.67. The van der Waals surface area contributed by atoms with Crippen molar-refractivity contribution in [2.45, 2.75) is 71.6 Å². The second-order valence-electron chi connectivity index (χ2n) is 7.68. The van der Waals surface area contributed by atoms with Gasteiger partial charge in [-0.2, -0.15) is 0 Å². The number of nitrogens with one attached hydrogen (secondary N) is 1. The second-order valence-corrected chi connectivity index (χ2v) is 9.04. The third kappa shape index (κ3) is 4.99. The number of aryl methyl sites for hydroxylation is 1. The molecular formula is C21H26ClN3O4S. The average molecular weight is 452 g/mol. The Morgan fingerprint density at radius 3 is 2.73 bits per heavy atom. The van der Waals surface area contributed by atoms with Crippen molar-refractivity contribution in [2.24, 2.45) is 4.99 Å². The third-order valence-electron chi connectivity index (χ3n) is 5.09. The Bertz CT molecular complexity index is 948. The number of halogens is 1. The normalized spacial score (nSPS) is 21.7. The van der Waals surface area contributed by atoms with Gasteiger partial charge in [-0.15, -0.1) is 11.3 Å². The van der Waals surface area contributed by atoms with E-state index in [1.807, 2.05) is 26.8 Å². The number of amides is 1. The Morgan fingerprint density at radius 1 is 1.43 bits per heavy atom. The number of aliphatic imine (C=N–C) groups is 1. The summed E-state index contributed by atoms with van der Waals surface area (Å²) in [6, 6.07) is -0.212.